The largest absolute Gasteiger partial charge is 0.491 e. The summed E-state index contributed by atoms with van der Waals surface area (Å²) in [6.45, 7) is 3.88. The number of aliphatic hydroxyl groups is 1. The van der Waals surface area contributed by atoms with Crippen LogP contribution in [0.4, 0.5) is 0 Å². The lowest BCUT2D eigenvalue weighted by Crippen LogP contribution is -2.13. The molecule has 0 fully saturated rings. The molecule has 7 nitrogen and oxygen atoms in total. The Morgan fingerprint density at radius 2 is 1.56 bits per heavy atom. The number of para-hydroxylation sites is 1. The molecule has 0 aliphatic carbocycles. The molecule has 1 heterocycles. The average molecular weight is 462 g/mol. The van der Waals surface area contributed by atoms with Gasteiger partial charge in [-0.3, -0.25) is 0 Å². The number of rotatable bonds is 16. The minimum absolute atomic E-state index is 0.0288. The Morgan fingerprint density at radius 3 is 2.28 bits per heavy atom. The van der Waals surface area contributed by atoms with Gasteiger partial charge in [-0.2, -0.15) is 0 Å². The fourth-order valence-electron chi connectivity index (χ4n) is 3.07. The lowest BCUT2D eigenvalue weighted by Gasteiger charge is -2.13. The fourth-order valence-corrected chi connectivity index (χ4v) is 4.04. The summed E-state index contributed by atoms with van der Waals surface area (Å²) >= 11 is 1.69. The van der Waals surface area contributed by atoms with Crippen LogP contribution < -0.4 is 4.74 Å². The Morgan fingerprint density at radius 1 is 0.844 bits per heavy atom. The molecule has 8 heteroatoms. The quantitative estimate of drug-likeness (QED) is 0.327. The first kappa shape index (κ1) is 24.6. The highest BCUT2D eigenvalue weighted by Gasteiger charge is 2.11. The zero-order valence-electron chi connectivity index (χ0n) is 18.5. The lowest BCUT2D eigenvalue weighted by molar-refractivity contribution is 0.00356. The van der Waals surface area contributed by atoms with Gasteiger partial charge >= 0.3 is 0 Å². The van der Waals surface area contributed by atoms with Gasteiger partial charge in [0.1, 0.15) is 17.4 Å². The summed E-state index contributed by atoms with van der Waals surface area (Å²) in [6, 6.07) is 14.4. The number of hydrogen-bond acceptors (Lipinski definition) is 8. The van der Waals surface area contributed by atoms with Crippen LogP contribution in [0, 0.1) is 0 Å². The van der Waals surface area contributed by atoms with Crippen molar-refractivity contribution in [2.45, 2.75) is 6.42 Å². The number of nitrogens with zero attached hydrogens (tertiary/aromatic N) is 1. The van der Waals surface area contributed by atoms with E-state index in [0.29, 0.717) is 52.9 Å². The van der Waals surface area contributed by atoms with Crippen molar-refractivity contribution >= 4 is 21.6 Å². The van der Waals surface area contributed by atoms with E-state index in [1.165, 1.54) is 4.70 Å². The van der Waals surface area contributed by atoms with E-state index in [0.717, 1.165) is 33.8 Å². The molecule has 0 aliphatic rings. The summed E-state index contributed by atoms with van der Waals surface area (Å²) in [5, 5.41) is 9.62. The first-order chi connectivity index (χ1) is 15.8. The minimum atomic E-state index is 0.0288. The highest BCUT2D eigenvalue weighted by atomic mass is 32.1. The second-order valence-electron chi connectivity index (χ2n) is 6.96. The second-order valence-corrected chi connectivity index (χ2v) is 7.99. The molecule has 0 saturated carbocycles. The Hall–Kier alpha value is -2.07. The van der Waals surface area contributed by atoms with E-state index in [4.69, 9.17) is 33.8 Å². The van der Waals surface area contributed by atoms with E-state index in [9.17, 15) is 0 Å². The standard InChI is InChI=1S/C24H31NO6S/c1-27-10-8-19-18-20(24-25-21-4-2-3-5-23(21)32-24)6-7-22(19)31-17-16-30-15-14-29-13-12-28-11-9-26/h2-7,18,26H,8-17H2,1H3. The zero-order valence-corrected chi connectivity index (χ0v) is 19.3. The molecule has 3 aromatic rings. The maximum Gasteiger partial charge on any atom is 0.124 e. The fraction of sp³-hybridized carbons (Fsp3) is 0.458. The van der Waals surface area contributed by atoms with E-state index in [2.05, 4.69) is 18.2 Å². The SMILES string of the molecule is COCCc1cc(-c2nc3ccccc3s2)ccc1OCCOCCOCCOCCO. The first-order valence-corrected chi connectivity index (χ1v) is 11.6. The topological polar surface area (TPSA) is 79.3 Å². The van der Waals surface area contributed by atoms with Gasteiger partial charge in [-0.15, -0.1) is 11.3 Å². The van der Waals surface area contributed by atoms with Gasteiger partial charge in [0, 0.05) is 12.7 Å². The van der Waals surface area contributed by atoms with E-state index in [1.807, 2.05) is 24.3 Å². The minimum Gasteiger partial charge on any atom is -0.491 e. The van der Waals surface area contributed by atoms with Crippen LogP contribution in [0.2, 0.25) is 0 Å². The monoisotopic (exact) mass is 461 g/mol. The predicted molar refractivity (Wildman–Crippen MR) is 126 cm³/mol. The molecule has 32 heavy (non-hydrogen) atoms. The Kier molecular flexibility index (Phi) is 10.9. The average Bonchev–Trinajstić information content (AvgIpc) is 3.26. The van der Waals surface area contributed by atoms with Crippen LogP contribution in [0.25, 0.3) is 20.8 Å². The molecule has 1 N–H and O–H groups in total. The smallest absolute Gasteiger partial charge is 0.124 e. The molecule has 3 rings (SSSR count). The Labute approximate surface area is 192 Å². The van der Waals surface area contributed by atoms with Gasteiger partial charge in [0.05, 0.1) is 63.1 Å². The van der Waals surface area contributed by atoms with Crippen molar-refractivity contribution in [1.82, 2.24) is 4.98 Å². The number of methoxy groups -OCH3 is 1. The van der Waals surface area contributed by atoms with Crippen LogP contribution in [0.3, 0.4) is 0 Å². The molecule has 0 amide bonds. The molecule has 0 aliphatic heterocycles. The van der Waals surface area contributed by atoms with Crippen LogP contribution in [0.5, 0.6) is 5.75 Å². The molecule has 0 bridgehead atoms. The Bertz CT molecular complexity index is 899. The predicted octanol–water partition coefficient (Wildman–Crippen LogP) is 3.57. The maximum atomic E-state index is 8.62. The zero-order chi connectivity index (χ0) is 22.4. The molecule has 0 unspecified atom stereocenters. The first-order valence-electron chi connectivity index (χ1n) is 10.8. The third-order valence-electron chi connectivity index (χ3n) is 4.64. The summed E-state index contributed by atoms with van der Waals surface area (Å²) in [5.74, 6) is 0.841. The van der Waals surface area contributed by atoms with Crippen molar-refractivity contribution in [2.75, 3.05) is 66.6 Å². The normalized spacial score (nSPS) is 11.3. The van der Waals surface area contributed by atoms with Gasteiger partial charge in [-0.25, -0.2) is 4.98 Å². The summed E-state index contributed by atoms with van der Waals surface area (Å²) in [6.07, 6.45) is 0.762. The third-order valence-corrected chi connectivity index (χ3v) is 5.73. The summed E-state index contributed by atoms with van der Waals surface area (Å²) < 4.78 is 28.5. The van der Waals surface area contributed by atoms with Crippen molar-refractivity contribution in [2.24, 2.45) is 0 Å². The summed E-state index contributed by atoms with van der Waals surface area (Å²) in [4.78, 5) is 4.76. The number of thiazole rings is 1. The number of aliphatic hydroxyl groups excluding tert-OH is 1. The summed E-state index contributed by atoms with van der Waals surface area (Å²) in [7, 11) is 1.70. The van der Waals surface area contributed by atoms with Crippen molar-refractivity contribution in [3.05, 3.63) is 48.0 Å². The van der Waals surface area contributed by atoms with E-state index < -0.39 is 0 Å². The number of ether oxygens (including phenoxy) is 5. The van der Waals surface area contributed by atoms with Gasteiger partial charge in [0.15, 0.2) is 0 Å². The van der Waals surface area contributed by atoms with Gasteiger partial charge in [-0.1, -0.05) is 12.1 Å². The van der Waals surface area contributed by atoms with Crippen LogP contribution in [-0.4, -0.2) is 76.7 Å². The van der Waals surface area contributed by atoms with Crippen molar-refractivity contribution in [1.29, 1.82) is 0 Å². The molecular weight excluding hydrogens is 430 g/mol. The van der Waals surface area contributed by atoms with E-state index in [1.54, 1.807) is 18.4 Å². The van der Waals surface area contributed by atoms with Crippen LogP contribution in [-0.2, 0) is 25.4 Å². The molecular formula is C24H31NO6S. The second kappa shape index (κ2) is 14.2. The maximum absolute atomic E-state index is 8.62. The van der Waals surface area contributed by atoms with E-state index in [-0.39, 0.29) is 6.61 Å². The molecule has 0 atom stereocenters. The number of hydrogen-bond donors (Lipinski definition) is 1. The van der Waals surface area contributed by atoms with E-state index >= 15 is 0 Å². The third kappa shape index (κ3) is 7.81. The number of aromatic nitrogens is 1. The number of fused-ring (bicyclic) bond motifs is 1. The lowest BCUT2D eigenvalue weighted by atomic mass is 10.1. The van der Waals surface area contributed by atoms with Gasteiger partial charge in [-0.05, 0) is 42.3 Å². The molecule has 2 aromatic carbocycles. The highest BCUT2D eigenvalue weighted by molar-refractivity contribution is 7.21. The van der Waals surface area contributed by atoms with Gasteiger partial charge in [0.25, 0.3) is 0 Å². The molecule has 0 spiro atoms. The van der Waals surface area contributed by atoms with Crippen molar-refractivity contribution < 1.29 is 28.8 Å². The molecule has 0 radical (unpaired) electrons. The molecule has 0 saturated heterocycles. The van der Waals surface area contributed by atoms with Crippen LogP contribution >= 0.6 is 11.3 Å². The van der Waals surface area contributed by atoms with Crippen LogP contribution in [0.15, 0.2) is 42.5 Å². The van der Waals surface area contributed by atoms with Crippen molar-refractivity contribution in [3.63, 3.8) is 0 Å². The molecule has 174 valence electrons. The number of benzene rings is 2. The Balaban J connectivity index is 1.47. The van der Waals surface area contributed by atoms with Gasteiger partial charge < -0.3 is 28.8 Å². The van der Waals surface area contributed by atoms with Gasteiger partial charge in [0.2, 0.25) is 0 Å². The van der Waals surface area contributed by atoms with Crippen LogP contribution in [0.1, 0.15) is 5.56 Å². The molecule has 1 aromatic heterocycles. The van der Waals surface area contributed by atoms with Crippen molar-refractivity contribution in [3.8, 4) is 16.3 Å². The highest BCUT2D eigenvalue weighted by Crippen LogP contribution is 2.33. The summed E-state index contributed by atoms with van der Waals surface area (Å²) in [5.41, 5.74) is 3.20.